The normalized spacial score (nSPS) is 13.1. The monoisotopic (exact) mass is 560 g/mol. The molecule has 0 fully saturated rings. The molecule has 3 aromatic carbocycles. The molecule has 0 saturated heterocycles. The Morgan fingerprint density at radius 2 is 1.85 bits per heavy atom. The Bertz CT molecular complexity index is 1730. The summed E-state index contributed by atoms with van der Waals surface area (Å²) in [5, 5.41) is 10.9. The number of carboxylic acid groups (broad SMARTS) is 1. The van der Waals surface area contributed by atoms with Crippen LogP contribution in [0.5, 0.6) is 17.2 Å². The second-order valence-electron chi connectivity index (χ2n) is 9.26. The summed E-state index contributed by atoms with van der Waals surface area (Å²) in [6.07, 6.45) is -0.0358. The molecule has 4 aromatic rings. The van der Waals surface area contributed by atoms with Crippen molar-refractivity contribution in [2.75, 3.05) is 13.4 Å². The van der Waals surface area contributed by atoms with E-state index in [9.17, 15) is 18.3 Å². The fraction of sp³-hybridized carbons (Fsp3) is 0.233. The molecule has 1 atom stereocenters. The number of carboxylic acids is 1. The molecule has 40 heavy (non-hydrogen) atoms. The van der Waals surface area contributed by atoms with Gasteiger partial charge in [-0.05, 0) is 67.4 Å². The molecule has 0 amide bonds. The number of aliphatic carboxylic acids is 1. The fourth-order valence-corrected chi connectivity index (χ4v) is 5.92. The van der Waals surface area contributed by atoms with Crippen LogP contribution in [0.4, 0.5) is 0 Å². The SMILES string of the molecule is CC#CCOc1ccc(S(=O)(=O)NC(Cc2c(C)n(Cc3ccc4c(c3)OCO4)c3ccccc23)C(=O)O)cc1. The van der Waals surface area contributed by atoms with Crippen LogP contribution in [0.1, 0.15) is 23.7 Å². The predicted octanol–water partition coefficient (Wildman–Crippen LogP) is 4.10. The lowest BCUT2D eigenvalue weighted by atomic mass is 10.0. The van der Waals surface area contributed by atoms with E-state index in [2.05, 4.69) is 21.1 Å². The van der Waals surface area contributed by atoms with Crippen molar-refractivity contribution in [3.63, 3.8) is 0 Å². The summed E-state index contributed by atoms with van der Waals surface area (Å²) in [6, 6.07) is 17.8. The molecule has 9 nitrogen and oxygen atoms in total. The summed E-state index contributed by atoms with van der Waals surface area (Å²) in [4.78, 5) is 12.2. The van der Waals surface area contributed by atoms with E-state index < -0.39 is 22.0 Å². The number of hydrogen-bond donors (Lipinski definition) is 2. The second kappa shape index (κ2) is 11.3. The Balaban J connectivity index is 1.41. The van der Waals surface area contributed by atoms with Gasteiger partial charge in [-0.2, -0.15) is 4.72 Å². The maximum Gasteiger partial charge on any atom is 0.322 e. The van der Waals surface area contributed by atoms with Gasteiger partial charge in [0.15, 0.2) is 11.5 Å². The Morgan fingerprint density at radius 1 is 1.10 bits per heavy atom. The molecule has 0 aliphatic carbocycles. The Kier molecular flexibility index (Phi) is 7.69. The van der Waals surface area contributed by atoms with Gasteiger partial charge in [0.1, 0.15) is 18.4 Å². The van der Waals surface area contributed by atoms with Crippen LogP contribution >= 0.6 is 0 Å². The summed E-state index contributed by atoms with van der Waals surface area (Å²) in [5.74, 6) is 6.05. The molecule has 0 spiro atoms. The highest BCUT2D eigenvalue weighted by molar-refractivity contribution is 7.89. The minimum absolute atomic E-state index is 0.0358. The maximum absolute atomic E-state index is 13.1. The van der Waals surface area contributed by atoms with E-state index in [0.29, 0.717) is 23.8 Å². The fourth-order valence-electron chi connectivity index (χ4n) is 4.73. The third-order valence-electron chi connectivity index (χ3n) is 6.76. The maximum atomic E-state index is 13.1. The van der Waals surface area contributed by atoms with Crippen molar-refractivity contribution in [3.8, 4) is 29.1 Å². The van der Waals surface area contributed by atoms with Crippen LogP contribution in [-0.2, 0) is 27.8 Å². The van der Waals surface area contributed by atoms with E-state index in [4.69, 9.17) is 14.2 Å². The summed E-state index contributed by atoms with van der Waals surface area (Å²) < 4.78 is 47.1. The van der Waals surface area contributed by atoms with E-state index >= 15 is 0 Å². The molecule has 0 radical (unpaired) electrons. The van der Waals surface area contributed by atoms with Gasteiger partial charge in [-0.15, -0.1) is 5.92 Å². The van der Waals surface area contributed by atoms with Gasteiger partial charge >= 0.3 is 5.97 Å². The average Bonchev–Trinajstić information content (AvgIpc) is 3.51. The summed E-state index contributed by atoms with van der Waals surface area (Å²) in [5.41, 5.74) is 3.51. The number of sulfonamides is 1. The zero-order chi connectivity index (χ0) is 28.3. The molecule has 1 unspecified atom stereocenters. The lowest BCUT2D eigenvalue weighted by Crippen LogP contribution is -2.42. The first-order chi connectivity index (χ1) is 19.3. The van der Waals surface area contributed by atoms with Crippen molar-refractivity contribution < 1.29 is 32.5 Å². The third kappa shape index (κ3) is 5.61. The zero-order valence-electron chi connectivity index (χ0n) is 22.0. The van der Waals surface area contributed by atoms with Crippen molar-refractivity contribution in [3.05, 3.63) is 83.6 Å². The number of ether oxygens (including phenoxy) is 3. The lowest BCUT2D eigenvalue weighted by molar-refractivity contribution is -0.138. The molecule has 0 saturated carbocycles. The van der Waals surface area contributed by atoms with Crippen LogP contribution in [0.25, 0.3) is 10.9 Å². The van der Waals surface area contributed by atoms with E-state index in [1.807, 2.05) is 49.4 Å². The van der Waals surface area contributed by atoms with E-state index in [1.165, 1.54) is 24.3 Å². The van der Waals surface area contributed by atoms with Crippen LogP contribution in [0.15, 0.2) is 71.6 Å². The van der Waals surface area contributed by atoms with Gasteiger partial charge in [-0.3, -0.25) is 4.79 Å². The van der Waals surface area contributed by atoms with Gasteiger partial charge in [0, 0.05) is 29.6 Å². The smallest absolute Gasteiger partial charge is 0.322 e. The Morgan fingerprint density at radius 3 is 2.60 bits per heavy atom. The lowest BCUT2D eigenvalue weighted by Gasteiger charge is -2.16. The molecule has 1 aliphatic rings. The van der Waals surface area contributed by atoms with Gasteiger partial charge in [0.2, 0.25) is 16.8 Å². The highest BCUT2D eigenvalue weighted by atomic mass is 32.2. The van der Waals surface area contributed by atoms with Crippen molar-refractivity contribution >= 4 is 26.9 Å². The van der Waals surface area contributed by atoms with E-state index in [-0.39, 0.29) is 24.7 Å². The second-order valence-corrected chi connectivity index (χ2v) is 11.0. The number of rotatable bonds is 10. The molecule has 1 aromatic heterocycles. The molecular weight excluding hydrogens is 532 g/mol. The first kappa shape index (κ1) is 27.1. The molecule has 2 heterocycles. The quantitative estimate of drug-likeness (QED) is 0.281. The van der Waals surface area contributed by atoms with Crippen molar-refractivity contribution in [2.45, 2.75) is 37.8 Å². The molecule has 206 valence electrons. The molecular formula is C30H28N2O7S. The zero-order valence-corrected chi connectivity index (χ0v) is 22.8. The highest BCUT2D eigenvalue weighted by Crippen LogP contribution is 2.34. The van der Waals surface area contributed by atoms with E-state index in [1.54, 1.807) is 6.92 Å². The molecule has 2 N–H and O–H groups in total. The molecule has 0 bridgehead atoms. The van der Waals surface area contributed by atoms with Gasteiger partial charge in [0.25, 0.3) is 0 Å². The number of nitrogens with zero attached hydrogens (tertiary/aromatic N) is 1. The summed E-state index contributed by atoms with van der Waals surface area (Å²) in [7, 11) is -4.13. The van der Waals surface area contributed by atoms with Gasteiger partial charge < -0.3 is 23.9 Å². The van der Waals surface area contributed by atoms with Crippen molar-refractivity contribution in [2.24, 2.45) is 0 Å². The minimum atomic E-state index is -4.13. The van der Waals surface area contributed by atoms with E-state index in [0.717, 1.165) is 27.7 Å². The standard InChI is InChI=1S/C30H28N2O7S/c1-3-4-15-37-22-10-12-23(13-11-22)40(35,36)31-26(30(33)34)17-25-20(2)32(27-8-6-5-7-24(25)27)18-21-9-14-28-29(16-21)39-19-38-28/h5-14,16,26,31H,15,17-19H2,1-2H3,(H,33,34). The molecule has 10 heteroatoms. The topological polar surface area (TPSA) is 116 Å². The Labute approximate surface area is 232 Å². The predicted molar refractivity (Wildman–Crippen MR) is 149 cm³/mol. The Hall–Kier alpha value is -4.46. The largest absolute Gasteiger partial charge is 0.481 e. The first-order valence-corrected chi connectivity index (χ1v) is 14.1. The van der Waals surface area contributed by atoms with Crippen molar-refractivity contribution in [1.82, 2.24) is 9.29 Å². The summed E-state index contributed by atoms with van der Waals surface area (Å²) >= 11 is 0. The van der Waals surface area contributed by atoms with Crippen molar-refractivity contribution in [1.29, 1.82) is 0 Å². The first-order valence-electron chi connectivity index (χ1n) is 12.6. The van der Waals surface area contributed by atoms with Crippen LogP contribution in [0.3, 0.4) is 0 Å². The van der Waals surface area contributed by atoms with Crippen LogP contribution in [0, 0.1) is 18.8 Å². The highest BCUT2D eigenvalue weighted by Gasteiger charge is 2.28. The molecule has 1 aliphatic heterocycles. The number of nitrogens with one attached hydrogen (secondary N) is 1. The van der Waals surface area contributed by atoms with Gasteiger partial charge in [-0.25, -0.2) is 8.42 Å². The number of carbonyl (C=O) groups is 1. The molecule has 5 rings (SSSR count). The number of benzene rings is 3. The summed E-state index contributed by atoms with van der Waals surface area (Å²) in [6.45, 7) is 4.50. The van der Waals surface area contributed by atoms with Gasteiger partial charge in [0.05, 0.1) is 4.90 Å². The van der Waals surface area contributed by atoms with Crippen LogP contribution in [0.2, 0.25) is 0 Å². The van der Waals surface area contributed by atoms with Crippen LogP contribution < -0.4 is 18.9 Å². The number of aromatic nitrogens is 1. The average molecular weight is 561 g/mol. The number of hydrogen-bond acceptors (Lipinski definition) is 6. The third-order valence-corrected chi connectivity index (χ3v) is 8.25. The number of para-hydroxylation sites is 1. The van der Waals surface area contributed by atoms with Gasteiger partial charge in [-0.1, -0.05) is 30.2 Å². The minimum Gasteiger partial charge on any atom is -0.481 e. The van der Waals surface area contributed by atoms with Crippen LogP contribution in [-0.4, -0.2) is 43.5 Å². The number of fused-ring (bicyclic) bond motifs is 2.